The summed E-state index contributed by atoms with van der Waals surface area (Å²) in [6.45, 7) is 0. The van der Waals surface area contributed by atoms with Crippen LogP contribution in [0.15, 0.2) is 0 Å². The SMILES string of the molecule is NC(=O)CCCCC(O)C(=O)NC1CC1. The van der Waals surface area contributed by atoms with Crippen LogP contribution < -0.4 is 11.1 Å². The number of nitrogens with two attached hydrogens (primary N) is 1. The number of aliphatic hydroxyl groups excluding tert-OH is 1. The van der Waals surface area contributed by atoms with E-state index in [1.165, 1.54) is 0 Å². The molecule has 86 valence electrons. The lowest BCUT2D eigenvalue weighted by atomic mass is 10.1. The molecule has 5 heteroatoms. The van der Waals surface area contributed by atoms with Crippen LogP contribution in [0.2, 0.25) is 0 Å². The molecule has 1 rings (SSSR count). The number of primary amides is 1. The first-order chi connectivity index (χ1) is 7.09. The van der Waals surface area contributed by atoms with Crippen molar-refractivity contribution in [3.05, 3.63) is 0 Å². The van der Waals surface area contributed by atoms with E-state index in [1.54, 1.807) is 0 Å². The smallest absolute Gasteiger partial charge is 0.249 e. The summed E-state index contributed by atoms with van der Waals surface area (Å²) in [6.07, 6.45) is 3.06. The summed E-state index contributed by atoms with van der Waals surface area (Å²) in [5.41, 5.74) is 4.96. The van der Waals surface area contributed by atoms with Crippen molar-refractivity contribution < 1.29 is 14.7 Å². The molecule has 0 spiro atoms. The molecular formula is C10H18N2O3. The van der Waals surface area contributed by atoms with Crippen LogP contribution >= 0.6 is 0 Å². The molecule has 0 aromatic carbocycles. The molecular weight excluding hydrogens is 196 g/mol. The molecule has 1 saturated carbocycles. The Morgan fingerprint density at radius 1 is 1.40 bits per heavy atom. The molecule has 5 nitrogen and oxygen atoms in total. The highest BCUT2D eigenvalue weighted by molar-refractivity contribution is 5.81. The van der Waals surface area contributed by atoms with E-state index in [1.807, 2.05) is 0 Å². The fraction of sp³-hybridized carbons (Fsp3) is 0.800. The Bertz CT molecular complexity index is 239. The molecule has 0 heterocycles. The van der Waals surface area contributed by atoms with E-state index in [0.29, 0.717) is 25.7 Å². The average molecular weight is 214 g/mol. The lowest BCUT2D eigenvalue weighted by Crippen LogP contribution is -2.35. The van der Waals surface area contributed by atoms with Gasteiger partial charge >= 0.3 is 0 Å². The Morgan fingerprint density at radius 3 is 2.60 bits per heavy atom. The van der Waals surface area contributed by atoms with Crippen molar-refractivity contribution in [2.24, 2.45) is 5.73 Å². The molecule has 15 heavy (non-hydrogen) atoms. The van der Waals surface area contributed by atoms with Gasteiger partial charge in [0.25, 0.3) is 0 Å². The highest BCUT2D eigenvalue weighted by Gasteiger charge is 2.26. The van der Waals surface area contributed by atoms with Crippen LogP contribution in [0, 0.1) is 0 Å². The third-order valence-corrected chi connectivity index (χ3v) is 2.38. The monoisotopic (exact) mass is 214 g/mol. The molecule has 4 N–H and O–H groups in total. The van der Waals surface area contributed by atoms with Gasteiger partial charge in [0.05, 0.1) is 0 Å². The standard InChI is InChI=1S/C10H18N2O3/c11-9(14)4-2-1-3-8(13)10(15)12-7-5-6-7/h7-8,13H,1-6H2,(H2,11,14)(H,12,15). The van der Waals surface area contributed by atoms with Crippen LogP contribution in [0.1, 0.15) is 38.5 Å². The van der Waals surface area contributed by atoms with Gasteiger partial charge in [-0.2, -0.15) is 0 Å². The van der Waals surface area contributed by atoms with Crippen molar-refractivity contribution >= 4 is 11.8 Å². The maximum Gasteiger partial charge on any atom is 0.249 e. The summed E-state index contributed by atoms with van der Waals surface area (Å²) in [6, 6.07) is 0.276. The fourth-order valence-corrected chi connectivity index (χ4v) is 1.29. The van der Waals surface area contributed by atoms with E-state index in [9.17, 15) is 14.7 Å². The third kappa shape index (κ3) is 5.37. The number of nitrogens with one attached hydrogen (secondary N) is 1. The van der Waals surface area contributed by atoms with Gasteiger partial charge in [-0.3, -0.25) is 9.59 Å². The molecule has 1 unspecified atom stereocenters. The predicted octanol–water partition coefficient (Wildman–Crippen LogP) is -0.328. The Hall–Kier alpha value is -1.10. The van der Waals surface area contributed by atoms with Crippen molar-refractivity contribution in [3.8, 4) is 0 Å². The predicted molar refractivity (Wildman–Crippen MR) is 54.8 cm³/mol. The van der Waals surface area contributed by atoms with Crippen molar-refractivity contribution in [2.45, 2.75) is 50.7 Å². The van der Waals surface area contributed by atoms with Crippen molar-refractivity contribution in [1.29, 1.82) is 0 Å². The minimum atomic E-state index is -0.946. The van der Waals surface area contributed by atoms with Gasteiger partial charge in [0, 0.05) is 12.5 Å². The number of hydrogen-bond donors (Lipinski definition) is 3. The highest BCUT2D eigenvalue weighted by atomic mass is 16.3. The number of unbranched alkanes of at least 4 members (excludes halogenated alkanes) is 1. The van der Waals surface area contributed by atoms with Crippen molar-refractivity contribution in [1.82, 2.24) is 5.32 Å². The first-order valence-corrected chi connectivity index (χ1v) is 5.36. The number of carbonyl (C=O) groups is 2. The Labute approximate surface area is 89.0 Å². The van der Waals surface area contributed by atoms with Gasteiger partial charge in [0.15, 0.2) is 0 Å². The molecule has 1 aliphatic carbocycles. The highest BCUT2D eigenvalue weighted by Crippen LogP contribution is 2.19. The van der Waals surface area contributed by atoms with Gasteiger partial charge in [-0.15, -0.1) is 0 Å². The van der Waals surface area contributed by atoms with Crippen LogP contribution in [0.5, 0.6) is 0 Å². The second-order valence-electron chi connectivity index (χ2n) is 4.01. The molecule has 0 radical (unpaired) electrons. The summed E-state index contributed by atoms with van der Waals surface area (Å²) in [5, 5.41) is 12.2. The molecule has 0 bridgehead atoms. The topological polar surface area (TPSA) is 92.4 Å². The van der Waals surface area contributed by atoms with Gasteiger partial charge in [0.2, 0.25) is 11.8 Å². The van der Waals surface area contributed by atoms with E-state index in [2.05, 4.69) is 5.32 Å². The maximum absolute atomic E-state index is 11.3. The number of hydrogen-bond acceptors (Lipinski definition) is 3. The van der Waals surface area contributed by atoms with Crippen LogP contribution in [0.3, 0.4) is 0 Å². The first-order valence-electron chi connectivity index (χ1n) is 5.36. The van der Waals surface area contributed by atoms with Gasteiger partial charge in [-0.05, 0) is 32.1 Å². The minimum absolute atomic E-state index is 0.276. The maximum atomic E-state index is 11.3. The normalized spacial score (nSPS) is 17.1. The van der Waals surface area contributed by atoms with Crippen LogP contribution in [0.4, 0.5) is 0 Å². The second kappa shape index (κ2) is 5.70. The Kier molecular flexibility index (Phi) is 4.55. The van der Waals surface area contributed by atoms with Crippen molar-refractivity contribution in [3.63, 3.8) is 0 Å². The van der Waals surface area contributed by atoms with Gasteiger partial charge in [-0.1, -0.05) is 0 Å². The quantitative estimate of drug-likeness (QED) is 0.507. The van der Waals surface area contributed by atoms with E-state index in [4.69, 9.17) is 5.73 Å². The minimum Gasteiger partial charge on any atom is -0.383 e. The molecule has 1 atom stereocenters. The summed E-state index contributed by atoms with van der Waals surface area (Å²) >= 11 is 0. The molecule has 0 saturated heterocycles. The molecule has 0 aliphatic heterocycles. The number of carbonyl (C=O) groups excluding carboxylic acids is 2. The van der Waals surface area contributed by atoms with Crippen LogP contribution in [0.25, 0.3) is 0 Å². The van der Waals surface area contributed by atoms with Gasteiger partial charge in [0.1, 0.15) is 6.10 Å². The van der Waals surface area contributed by atoms with Gasteiger partial charge in [-0.25, -0.2) is 0 Å². The summed E-state index contributed by atoms with van der Waals surface area (Å²) < 4.78 is 0. The van der Waals surface area contributed by atoms with E-state index in [0.717, 1.165) is 12.8 Å². The van der Waals surface area contributed by atoms with Crippen molar-refractivity contribution in [2.75, 3.05) is 0 Å². The molecule has 1 aliphatic rings. The van der Waals surface area contributed by atoms with E-state index in [-0.39, 0.29) is 17.9 Å². The lowest BCUT2D eigenvalue weighted by molar-refractivity contribution is -0.129. The lowest BCUT2D eigenvalue weighted by Gasteiger charge is -2.09. The molecule has 2 amide bonds. The average Bonchev–Trinajstić information content (AvgIpc) is 2.95. The van der Waals surface area contributed by atoms with Crippen LogP contribution in [-0.4, -0.2) is 29.1 Å². The fourth-order valence-electron chi connectivity index (χ4n) is 1.29. The molecule has 1 fully saturated rings. The largest absolute Gasteiger partial charge is 0.383 e. The molecule has 0 aromatic rings. The molecule has 0 aromatic heterocycles. The van der Waals surface area contributed by atoms with Crippen LogP contribution in [-0.2, 0) is 9.59 Å². The summed E-state index contributed by atoms with van der Waals surface area (Å²) in [5.74, 6) is -0.636. The number of aliphatic hydroxyl groups is 1. The first kappa shape index (κ1) is 12.0. The third-order valence-electron chi connectivity index (χ3n) is 2.38. The van der Waals surface area contributed by atoms with E-state index < -0.39 is 6.10 Å². The Morgan fingerprint density at radius 2 is 2.07 bits per heavy atom. The summed E-state index contributed by atoms with van der Waals surface area (Å²) in [7, 11) is 0. The van der Waals surface area contributed by atoms with Gasteiger partial charge < -0.3 is 16.2 Å². The zero-order valence-corrected chi connectivity index (χ0v) is 8.74. The Balaban J connectivity index is 2.03. The zero-order chi connectivity index (χ0) is 11.3. The second-order valence-corrected chi connectivity index (χ2v) is 4.01. The summed E-state index contributed by atoms with van der Waals surface area (Å²) in [4.78, 5) is 21.7. The number of amides is 2. The van der Waals surface area contributed by atoms with E-state index >= 15 is 0 Å². The number of rotatable bonds is 7. The zero-order valence-electron chi connectivity index (χ0n) is 8.74.